The molecule has 5 heteroatoms. The van der Waals surface area contributed by atoms with Gasteiger partial charge in [-0.2, -0.15) is 0 Å². The topological polar surface area (TPSA) is 54.5 Å². The first kappa shape index (κ1) is 16.7. The fourth-order valence-corrected chi connectivity index (χ4v) is 3.35. The summed E-state index contributed by atoms with van der Waals surface area (Å²) in [5.74, 6) is 0.769. The number of rotatable bonds is 3. The van der Waals surface area contributed by atoms with Gasteiger partial charge in [0, 0.05) is 21.7 Å². The Hall–Kier alpha value is -3.50. The molecule has 0 bridgehead atoms. The molecule has 4 nitrogen and oxygen atoms in total. The second-order valence-electron chi connectivity index (χ2n) is 6.47. The van der Waals surface area contributed by atoms with Crippen molar-refractivity contribution in [3.05, 3.63) is 90.0 Å². The number of fused-ring (bicyclic) bond motifs is 1. The minimum atomic E-state index is 0.690. The van der Waals surface area contributed by atoms with Crippen molar-refractivity contribution in [1.29, 1.82) is 0 Å². The molecule has 0 unspecified atom stereocenters. The molecule has 0 aliphatic carbocycles. The monoisotopic (exact) mass is 382 g/mol. The molecule has 2 heterocycles. The predicted molar refractivity (Wildman–Crippen MR) is 113 cm³/mol. The van der Waals surface area contributed by atoms with E-state index in [9.17, 15) is 0 Å². The molecule has 0 saturated carbocycles. The summed E-state index contributed by atoms with van der Waals surface area (Å²) >= 11 is 6.03. The first-order valence-electron chi connectivity index (χ1n) is 8.92. The molecular formula is C23H15ClN4. The highest BCUT2D eigenvalue weighted by Gasteiger charge is 2.15. The smallest absolute Gasteiger partial charge is 0.140 e. The molecule has 0 aliphatic heterocycles. The highest BCUT2D eigenvalue weighted by Crippen LogP contribution is 2.32. The van der Waals surface area contributed by atoms with Gasteiger partial charge in [0.2, 0.25) is 0 Å². The van der Waals surface area contributed by atoms with Crippen LogP contribution in [-0.4, -0.2) is 20.2 Å². The summed E-state index contributed by atoms with van der Waals surface area (Å²) in [5, 5.41) is 9.70. The zero-order valence-corrected chi connectivity index (χ0v) is 15.6. The lowest BCUT2D eigenvalue weighted by Crippen LogP contribution is -1.96. The second kappa shape index (κ2) is 6.91. The molecule has 0 amide bonds. The molecular weight excluding hydrogens is 368 g/mol. The third-order valence-corrected chi connectivity index (χ3v) is 4.88. The second-order valence-corrected chi connectivity index (χ2v) is 6.90. The molecule has 2 aromatic heterocycles. The van der Waals surface area contributed by atoms with Gasteiger partial charge in [0.05, 0.1) is 16.7 Å². The molecule has 3 aromatic carbocycles. The van der Waals surface area contributed by atoms with E-state index >= 15 is 0 Å². The first-order valence-corrected chi connectivity index (χ1v) is 9.30. The average molecular weight is 383 g/mol. The van der Waals surface area contributed by atoms with Crippen LogP contribution in [0.4, 0.5) is 0 Å². The van der Waals surface area contributed by atoms with Crippen molar-refractivity contribution in [2.45, 2.75) is 0 Å². The highest BCUT2D eigenvalue weighted by molar-refractivity contribution is 6.30. The third-order valence-electron chi connectivity index (χ3n) is 4.63. The Balaban J connectivity index is 1.73. The van der Waals surface area contributed by atoms with E-state index in [0.29, 0.717) is 5.02 Å². The summed E-state index contributed by atoms with van der Waals surface area (Å²) in [6, 6.07) is 27.6. The van der Waals surface area contributed by atoms with Gasteiger partial charge in [0.1, 0.15) is 11.5 Å². The Morgan fingerprint density at radius 3 is 2.25 bits per heavy atom. The van der Waals surface area contributed by atoms with Gasteiger partial charge in [0.25, 0.3) is 0 Å². The van der Waals surface area contributed by atoms with Crippen molar-refractivity contribution in [3.8, 4) is 33.9 Å². The lowest BCUT2D eigenvalue weighted by molar-refractivity contribution is 1.04. The number of nitrogens with zero attached hydrogens (tertiary/aromatic N) is 3. The molecule has 5 aromatic rings. The average Bonchev–Trinajstić information content (AvgIpc) is 3.19. The normalized spacial score (nSPS) is 11.0. The molecule has 0 spiro atoms. The Morgan fingerprint density at radius 1 is 0.714 bits per heavy atom. The quantitative estimate of drug-likeness (QED) is 0.416. The van der Waals surface area contributed by atoms with Crippen molar-refractivity contribution in [2.24, 2.45) is 0 Å². The van der Waals surface area contributed by atoms with E-state index < -0.39 is 0 Å². The van der Waals surface area contributed by atoms with E-state index in [1.165, 1.54) is 0 Å². The van der Waals surface area contributed by atoms with E-state index in [1.54, 1.807) is 0 Å². The molecule has 0 aliphatic rings. The van der Waals surface area contributed by atoms with Gasteiger partial charge >= 0.3 is 0 Å². The summed E-state index contributed by atoms with van der Waals surface area (Å²) in [6.07, 6.45) is 0. The largest absolute Gasteiger partial charge is 0.338 e. The fourth-order valence-electron chi connectivity index (χ4n) is 3.22. The fraction of sp³-hybridized carbons (Fsp3) is 0. The number of hydrogen-bond acceptors (Lipinski definition) is 3. The van der Waals surface area contributed by atoms with Gasteiger partial charge in [-0.25, -0.2) is 4.98 Å². The van der Waals surface area contributed by atoms with Crippen LogP contribution in [0.5, 0.6) is 0 Å². The highest BCUT2D eigenvalue weighted by atomic mass is 35.5. The SMILES string of the molecule is Clc1ccc(-c2cc(-c3nc4ccccc4[nH]3)c(-c3ccccc3)nn2)cc1. The van der Waals surface area contributed by atoms with E-state index in [1.807, 2.05) is 84.9 Å². The minimum Gasteiger partial charge on any atom is -0.338 e. The molecule has 0 saturated heterocycles. The van der Waals surface area contributed by atoms with Crippen LogP contribution in [0.2, 0.25) is 5.02 Å². The van der Waals surface area contributed by atoms with E-state index in [4.69, 9.17) is 16.6 Å². The minimum absolute atomic E-state index is 0.690. The summed E-state index contributed by atoms with van der Waals surface area (Å²) in [4.78, 5) is 8.18. The van der Waals surface area contributed by atoms with Crippen molar-refractivity contribution in [3.63, 3.8) is 0 Å². The predicted octanol–water partition coefficient (Wildman–Crippen LogP) is 6.01. The van der Waals surface area contributed by atoms with Crippen molar-refractivity contribution < 1.29 is 0 Å². The van der Waals surface area contributed by atoms with Gasteiger partial charge < -0.3 is 4.98 Å². The number of hydrogen-bond donors (Lipinski definition) is 1. The lowest BCUT2D eigenvalue weighted by atomic mass is 10.0. The van der Waals surface area contributed by atoms with Crippen molar-refractivity contribution in [2.75, 3.05) is 0 Å². The number of imidazole rings is 1. The van der Waals surface area contributed by atoms with Crippen molar-refractivity contribution in [1.82, 2.24) is 20.2 Å². The number of nitrogens with one attached hydrogen (secondary N) is 1. The standard InChI is InChI=1S/C23H15ClN4/c24-17-12-10-15(11-13-17)21-14-18(22(28-27-21)16-6-2-1-3-7-16)23-25-19-8-4-5-9-20(19)26-23/h1-14H,(H,25,26). The number of aromatic nitrogens is 4. The van der Waals surface area contributed by atoms with Gasteiger partial charge in [-0.1, -0.05) is 66.2 Å². The van der Waals surface area contributed by atoms with Crippen LogP contribution >= 0.6 is 11.6 Å². The first-order chi connectivity index (χ1) is 13.8. The zero-order chi connectivity index (χ0) is 18.9. The van der Waals surface area contributed by atoms with E-state index in [0.717, 1.165) is 44.9 Å². The molecule has 1 N–H and O–H groups in total. The Morgan fingerprint density at radius 2 is 1.46 bits per heavy atom. The van der Waals surface area contributed by atoms with Crippen LogP contribution in [0.3, 0.4) is 0 Å². The molecule has 0 atom stereocenters. The number of aromatic amines is 1. The van der Waals surface area contributed by atoms with Crippen LogP contribution in [0.25, 0.3) is 44.9 Å². The number of para-hydroxylation sites is 2. The summed E-state index contributed by atoms with van der Waals surface area (Å²) < 4.78 is 0. The molecule has 0 radical (unpaired) electrons. The molecule has 134 valence electrons. The van der Waals surface area contributed by atoms with E-state index in [2.05, 4.69) is 15.2 Å². The maximum Gasteiger partial charge on any atom is 0.140 e. The molecule has 5 rings (SSSR count). The number of H-pyrrole nitrogens is 1. The van der Waals surface area contributed by atoms with Gasteiger partial charge in [-0.15, -0.1) is 10.2 Å². The van der Waals surface area contributed by atoms with Gasteiger partial charge in [0.15, 0.2) is 0 Å². The Bertz CT molecular complexity index is 1230. The van der Waals surface area contributed by atoms with Gasteiger partial charge in [-0.05, 0) is 30.3 Å². The van der Waals surface area contributed by atoms with Crippen LogP contribution in [-0.2, 0) is 0 Å². The summed E-state index contributed by atoms with van der Waals surface area (Å²) in [7, 11) is 0. The Labute approximate surface area is 166 Å². The number of benzene rings is 3. The summed E-state index contributed by atoms with van der Waals surface area (Å²) in [6.45, 7) is 0. The molecule has 0 fully saturated rings. The Kier molecular flexibility index (Phi) is 4.11. The van der Waals surface area contributed by atoms with Crippen LogP contribution in [0.15, 0.2) is 84.9 Å². The lowest BCUT2D eigenvalue weighted by Gasteiger charge is -2.09. The van der Waals surface area contributed by atoms with Crippen molar-refractivity contribution >= 4 is 22.6 Å². The molecule has 28 heavy (non-hydrogen) atoms. The van der Waals surface area contributed by atoms with Crippen LogP contribution in [0, 0.1) is 0 Å². The zero-order valence-electron chi connectivity index (χ0n) is 14.8. The number of halogens is 1. The summed E-state index contributed by atoms with van der Waals surface area (Å²) in [5.41, 5.74) is 6.32. The van der Waals surface area contributed by atoms with Gasteiger partial charge in [-0.3, -0.25) is 0 Å². The third kappa shape index (κ3) is 3.04. The van der Waals surface area contributed by atoms with Crippen LogP contribution < -0.4 is 0 Å². The maximum absolute atomic E-state index is 6.03. The van der Waals surface area contributed by atoms with Crippen LogP contribution in [0.1, 0.15) is 0 Å². The maximum atomic E-state index is 6.03. The van der Waals surface area contributed by atoms with E-state index in [-0.39, 0.29) is 0 Å².